The number of ether oxygens (including phenoxy) is 1. The van der Waals surface area contributed by atoms with Crippen molar-refractivity contribution in [2.75, 3.05) is 5.73 Å². The highest BCUT2D eigenvalue weighted by molar-refractivity contribution is 14.1. The molecular formula is C11H16INO. The maximum absolute atomic E-state index is 5.87. The molecule has 78 valence electrons. The molecule has 0 aliphatic heterocycles. The van der Waals surface area contributed by atoms with Crippen molar-refractivity contribution in [2.45, 2.75) is 32.8 Å². The topological polar surface area (TPSA) is 35.2 Å². The van der Waals surface area contributed by atoms with Crippen LogP contribution < -0.4 is 10.5 Å². The Morgan fingerprint density at radius 2 is 2.07 bits per heavy atom. The molecule has 0 aliphatic carbocycles. The van der Waals surface area contributed by atoms with E-state index in [0.717, 1.165) is 21.4 Å². The standard InChI is InChI=1S/C11H16INO/c1-4-11(2,3)14-10-6-5-8(13)7-9(10)12/h5-7H,4,13H2,1-3H3. The number of hydrogen-bond acceptors (Lipinski definition) is 2. The maximum Gasteiger partial charge on any atom is 0.133 e. The Morgan fingerprint density at radius 3 is 2.57 bits per heavy atom. The van der Waals surface area contributed by atoms with Gasteiger partial charge in [0.1, 0.15) is 11.4 Å². The Bertz CT molecular complexity index is 323. The molecule has 0 atom stereocenters. The van der Waals surface area contributed by atoms with Crippen LogP contribution in [-0.4, -0.2) is 5.60 Å². The van der Waals surface area contributed by atoms with Crippen LogP contribution in [0.4, 0.5) is 5.69 Å². The fourth-order valence-corrected chi connectivity index (χ4v) is 1.62. The summed E-state index contributed by atoms with van der Waals surface area (Å²) in [7, 11) is 0. The number of anilines is 1. The molecule has 0 saturated heterocycles. The van der Waals surface area contributed by atoms with Gasteiger partial charge in [-0.3, -0.25) is 0 Å². The monoisotopic (exact) mass is 305 g/mol. The Morgan fingerprint density at radius 1 is 1.43 bits per heavy atom. The van der Waals surface area contributed by atoms with Gasteiger partial charge in [0.25, 0.3) is 0 Å². The fourth-order valence-electron chi connectivity index (χ4n) is 0.970. The number of benzene rings is 1. The van der Waals surface area contributed by atoms with Crippen molar-refractivity contribution in [3.63, 3.8) is 0 Å². The van der Waals surface area contributed by atoms with E-state index < -0.39 is 0 Å². The summed E-state index contributed by atoms with van der Waals surface area (Å²) in [6.45, 7) is 6.28. The summed E-state index contributed by atoms with van der Waals surface area (Å²) in [6, 6.07) is 5.71. The van der Waals surface area contributed by atoms with Crippen molar-refractivity contribution in [1.29, 1.82) is 0 Å². The molecule has 0 radical (unpaired) electrons. The average Bonchev–Trinajstić information content (AvgIpc) is 2.10. The van der Waals surface area contributed by atoms with E-state index in [1.54, 1.807) is 0 Å². The van der Waals surface area contributed by atoms with Crippen LogP contribution in [-0.2, 0) is 0 Å². The van der Waals surface area contributed by atoms with E-state index in [1.165, 1.54) is 0 Å². The number of nitrogen functional groups attached to an aromatic ring is 1. The zero-order valence-electron chi connectivity index (χ0n) is 8.80. The second-order valence-corrected chi connectivity index (χ2v) is 5.07. The lowest BCUT2D eigenvalue weighted by atomic mass is 10.1. The van der Waals surface area contributed by atoms with Gasteiger partial charge in [0.05, 0.1) is 3.57 Å². The van der Waals surface area contributed by atoms with Crippen LogP contribution in [0, 0.1) is 3.57 Å². The Hall–Kier alpha value is -0.450. The lowest BCUT2D eigenvalue weighted by Gasteiger charge is -2.25. The van der Waals surface area contributed by atoms with Crippen LogP contribution in [0.1, 0.15) is 27.2 Å². The van der Waals surface area contributed by atoms with Crippen molar-refractivity contribution in [1.82, 2.24) is 0 Å². The number of nitrogens with two attached hydrogens (primary N) is 1. The SMILES string of the molecule is CCC(C)(C)Oc1ccc(N)cc1I. The van der Waals surface area contributed by atoms with Crippen molar-refractivity contribution < 1.29 is 4.74 Å². The minimum absolute atomic E-state index is 0.115. The van der Waals surface area contributed by atoms with Gasteiger partial charge in [-0.05, 0) is 61.1 Å². The third-order valence-electron chi connectivity index (χ3n) is 2.19. The van der Waals surface area contributed by atoms with Crippen molar-refractivity contribution in [2.24, 2.45) is 0 Å². The Balaban J connectivity index is 2.87. The lowest BCUT2D eigenvalue weighted by Crippen LogP contribution is -2.27. The summed E-state index contributed by atoms with van der Waals surface area (Å²) in [4.78, 5) is 0. The molecule has 0 bridgehead atoms. The first-order valence-corrected chi connectivity index (χ1v) is 5.76. The largest absolute Gasteiger partial charge is 0.487 e. The normalized spacial score (nSPS) is 11.4. The van der Waals surface area contributed by atoms with E-state index in [0.29, 0.717) is 0 Å². The predicted octanol–water partition coefficient (Wildman–Crippen LogP) is 3.44. The molecule has 0 fully saturated rings. The van der Waals surface area contributed by atoms with Crippen LogP contribution in [0.2, 0.25) is 0 Å². The van der Waals surface area contributed by atoms with Gasteiger partial charge < -0.3 is 10.5 Å². The molecule has 3 heteroatoms. The third-order valence-corrected chi connectivity index (χ3v) is 3.04. The van der Waals surface area contributed by atoms with E-state index in [-0.39, 0.29) is 5.60 Å². The summed E-state index contributed by atoms with van der Waals surface area (Å²) >= 11 is 2.24. The minimum atomic E-state index is -0.115. The van der Waals surface area contributed by atoms with E-state index in [2.05, 4.69) is 43.4 Å². The summed E-state index contributed by atoms with van der Waals surface area (Å²) in [6.07, 6.45) is 0.980. The lowest BCUT2D eigenvalue weighted by molar-refractivity contribution is 0.104. The summed E-state index contributed by atoms with van der Waals surface area (Å²) in [5.74, 6) is 0.909. The first kappa shape index (κ1) is 11.6. The van der Waals surface area contributed by atoms with E-state index in [4.69, 9.17) is 10.5 Å². The second kappa shape index (κ2) is 4.38. The molecule has 0 amide bonds. The highest BCUT2D eigenvalue weighted by Gasteiger charge is 2.17. The number of rotatable bonds is 3. The van der Waals surface area contributed by atoms with Gasteiger partial charge in [-0.25, -0.2) is 0 Å². The highest BCUT2D eigenvalue weighted by Crippen LogP contribution is 2.27. The Labute approximate surface area is 99.0 Å². The fraction of sp³-hybridized carbons (Fsp3) is 0.455. The molecule has 0 spiro atoms. The summed E-state index contributed by atoms with van der Waals surface area (Å²) in [5, 5.41) is 0. The molecule has 1 rings (SSSR count). The smallest absolute Gasteiger partial charge is 0.133 e. The highest BCUT2D eigenvalue weighted by atomic mass is 127. The Kier molecular flexibility index (Phi) is 3.64. The van der Waals surface area contributed by atoms with Gasteiger partial charge in [-0.15, -0.1) is 0 Å². The zero-order valence-corrected chi connectivity index (χ0v) is 11.0. The molecule has 0 aliphatic rings. The quantitative estimate of drug-likeness (QED) is 0.686. The van der Waals surface area contributed by atoms with Crippen LogP contribution >= 0.6 is 22.6 Å². The predicted molar refractivity (Wildman–Crippen MR) is 68.6 cm³/mol. The molecule has 0 heterocycles. The van der Waals surface area contributed by atoms with Gasteiger partial charge in [0.15, 0.2) is 0 Å². The van der Waals surface area contributed by atoms with Crippen LogP contribution in [0.15, 0.2) is 18.2 Å². The molecule has 2 nitrogen and oxygen atoms in total. The third kappa shape index (κ3) is 3.04. The van der Waals surface area contributed by atoms with Crippen molar-refractivity contribution in [3.8, 4) is 5.75 Å². The van der Waals surface area contributed by atoms with Gasteiger partial charge in [-0.1, -0.05) is 6.92 Å². The molecular weight excluding hydrogens is 289 g/mol. The molecule has 2 N–H and O–H groups in total. The molecule has 14 heavy (non-hydrogen) atoms. The van der Waals surface area contributed by atoms with Gasteiger partial charge in [0, 0.05) is 5.69 Å². The molecule has 0 saturated carbocycles. The van der Waals surface area contributed by atoms with E-state index >= 15 is 0 Å². The van der Waals surface area contributed by atoms with E-state index in [9.17, 15) is 0 Å². The van der Waals surface area contributed by atoms with Crippen molar-refractivity contribution >= 4 is 28.3 Å². The van der Waals surface area contributed by atoms with Crippen LogP contribution in [0.3, 0.4) is 0 Å². The minimum Gasteiger partial charge on any atom is -0.487 e. The number of halogens is 1. The van der Waals surface area contributed by atoms with Gasteiger partial charge in [0.2, 0.25) is 0 Å². The molecule has 0 unspecified atom stereocenters. The maximum atomic E-state index is 5.87. The summed E-state index contributed by atoms with van der Waals surface area (Å²) in [5.41, 5.74) is 6.32. The zero-order chi connectivity index (χ0) is 10.8. The molecule has 1 aromatic rings. The van der Waals surface area contributed by atoms with Crippen LogP contribution in [0.5, 0.6) is 5.75 Å². The van der Waals surface area contributed by atoms with Crippen LogP contribution in [0.25, 0.3) is 0 Å². The van der Waals surface area contributed by atoms with Gasteiger partial charge >= 0.3 is 0 Å². The van der Waals surface area contributed by atoms with E-state index in [1.807, 2.05) is 18.2 Å². The average molecular weight is 305 g/mol. The first-order valence-electron chi connectivity index (χ1n) is 4.68. The van der Waals surface area contributed by atoms with Gasteiger partial charge in [-0.2, -0.15) is 0 Å². The first-order chi connectivity index (χ1) is 6.44. The molecule has 1 aromatic carbocycles. The number of hydrogen-bond donors (Lipinski definition) is 1. The van der Waals surface area contributed by atoms with Crippen molar-refractivity contribution in [3.05, 3.63) is 21.8 Å². The molecule has 0 aromatic heterocycles. The summed E-state index contributed by atoms with van der Waals surface area (Å²) < 4.78 is 6.93. The second-order valence-electron chi connectivity index (χ2n) is 3.91.